The summed E-state index contributed by atoms with van der Waals surface area (Å²) in [5, 5.41) is 13.2. The highest BCUT2D eigenvalue weighted by Gasteiger charge is 2.34. The summed E-state index contributed by atoms with van der Waals surface area (Å²) in [7, 11) is -1.10. The van der Waals surface area contributed by atoms with Gasteiger partial charge >= 0.3 is 5.97 Å². The molecule has 11 heteroatoms. The average Bonchev–Trinajstić information content (AvgIpc) is 3.20. The van der Waals surface area contributed by atoms with E-state index in [4.69, 9.17) is 14.8 Å². The molecule has 3 atom stereocenters. The molecule has 1 aliphatic heterocycles. The number of amides is 1. The van der Waals surface area contributed by atoms with Gasteiger partial charge < -0.3 is 10.1 Å². The van der Waals surface area contributed by atoms with Gasteiger partial charge in [-0.25, -0.2) is 8.42 Å². The van der Waals surface area contributed by atoms with Gasteiger partial charge in [0.1, 0.15) is 6.04 Å². The largest absolute Gasteiger partial charge is 0.468 e. The number of methoxy groups -OCH3 is 1. The van der Waals surface area contributed by atoms with E-state index in [1.165, 1.54) is 12.1 Å². The van der Waals surface area contributed by atoms with Crippen LogP contribution in [0, 0.1) is 18.3 Å². The Balaban J connectivity index is 1.58. The maximum atomic E-state index is 12.7. The Hall–Kier alpha value is -3.30. The van der Waals surface area contributed by atoms with Gasteiger partial charge in [0, 0.05) is 13.6 Å². The van der Waals surface area contributed by atoms with Gasteiger partial charge in [-0.2, -0.15) is 15.0 Å². The number of hydrogen-bond donors (Lipinski definition) is 2. The van der Waals surface area contributed by atoms with Crippen LogP contribution in [0.15, 0.2) is 53.4 Å². The van der Waals surface area contributed by atoms with E-state index in [1.807, 2.05) is 12.1 Å². The normalized spacial score (nSPS) is 19.0. The summed E-state index contributed by atoms with van der Waals surface area (Å²) in [6, 6.07) is 14.1. The third-order valence-corrected chi connectivity index (χ3v) is 7.13. The molecule has 1 saturated heterocycles. The number of carbonyl (C=O) groups excluding carboxylic acids is 2. The van der Waals surface area contributed by atoms with Gasteiger partial charge in [-0.1, -0.05) is 24.3 Å². The molecule has 2 N–H and O–H groups in total. The van der Waals surface area contributed by atoms with Crippen LogP contribution in [-0.2, 0) is 29.2 Å². The number of carbonyl (C=O) groups is 2. The van der Waals surface area contributed by atoms with Crippen molar-refractivity contribution in [3.63, 3.8) is 0 Å². The highest BCUT2D eigenvalue weighted by atomic mass is 32.2. The van der Waals surface area contributed by atoms with E-state index < -0.39 is 34.0 Å². The highest BCUT2D eigenvalue weighted by Crippen LogP contribution is 2.34. The van der Waals surface area contributed by atoms with Crippen molar-refractivity contribution in [1.82, 2.24) is 15.1 Å². The minimum atomic E-state index is -4.01. The lowest BCUT2D eigenvalue weighted by atomic mass is 9.99. The smallest absolute Gasteiger partial charge is 0.325 e. The predicted octanol–water partition coefficient (Wildman–Crippen LogP) is 1.57. The number of nitriles is 1. The molecule has 0 aliphatic carbocycles. The number of sulfonamides is 1. The standard InChI is InChI=1S/C24H28N4O6S/c1-16-5-4-6-20(11-16)35(31,32)27-21(24(30)33-3)15-26-23(29)13-19-12-22(28(2)34-19)18-9-7-17(14-25)8-10-18/h4-11,19,21-22,27H,12-13,15H2,1-3H3,(H,26,29)/t19?,21-,22?/m0/s1. The first-order valence-corrected chi connectivity index (χ1v) is 12.4. The van der Waals surface area contributed by atoms with E-state index in [-0.39, 0.29) is 23.9 Å². The number of hydroxylamine groups is 2. The van der Waals surface area contributed by atoms with Crippen molar-refractivity contribution >= 4 is 21.9 Å². The summed E-state index contributed by atoms with van der Waals surface area (Å²) in [5.74, 6) is -1.22. The fraction of sp³-hybridized carbons (Fsp3) is 0.375. The number of nitrogens with zero attached hydrogens (tertiary/aromatic N) is 2. The van der Waals surface area contributed by atoms with E-state index in [9.17, 15) is 18.0 Å². The molecule has 0 bridgehead atoms. The van der Waals surface area contributed by atoms with E-state index in [2.05, 4.69) is 16.1 Å². The van der Waals surface area contributed by atoms with Crippen molar-refractivity contribution in [2.75, 3.05) is 20.7 Å². The monoisotopic (exact) mass is 500 g/mol. The minimum Gasteiger partial charge on any atom is -0.468 e. The summed E-state index contributed by atoms with van der Waals surface area (Å²) in [4.78, 5) is 30.5. The number of ether oxygens (including phenoxy) is 1. The number of rotatable bonds is 9. The lowest BCUT2D eigenvalue weighted by molar-refractivity contribution is -0.152. The zero-order valence-electron chi connectivity index (χ0n) is 19.7. The first-order chi connectivity index (χ1) is 16.6. The van der Waals surface area contributed by atoms with Crippen LogP contribution >= 0.6 is 0 Å². The van der Waals surface area contributed by atoms with Crippen LogP contribution < -0.4 is 10.0 Å². The van der Waals surface area contributed by atoms with Crippen LogP contribution in [0.25, 0.3) is 0 Å². The maximum absolute atomic E-state index is 12.7. The molecule has 1 aliphatic rings. The first-order valence-electron chi connectivity index (χ1n) is 11.0. The van der Waals surface area contributed by atoms with Crippen LogP contribution in [0.5, 0.6) is 0 Å². The van der Waals surface area contributed by atoms with Gasteiger partial charge in [0.05, 0.1) is 42.2 Å². The molecule has 3 rings (SSSR count). The number of benzene rings is 2. The van der Waals surface area contributed by atoms with E-state index >= 15 is 0 Å². The summed E-state index contributed by atoms with van der Waals surface area (Å²) >= 11 is 0. The van der Waals surface area contributed by atoms with E-state index in [0.717, 1.165) is 18.2 Å². The van der Waals surface area contributed by atoms with Crippen molar-refractivity contribution in [3.8, 4) is 6.07 Å². The lowest BCUT2D eigenvalue weighted by Crippen LogP contribution is -2.49. The van der Waals surface area contributed by atoms with Crippen molar-refractivity contribution < 1.29 is 27.6 Å². The molecule has 0 aromatic heterocycles. The Morgan fingerprint density at radius 1 is 1.26 bits per heavy atom. The Labute approximate surface area is 204 Å². The Bertz CT molecular complexity index is 1210. The summed E-state index contributed by atoms with van der Waals surface area (Å²) in [6.45, 7) is 1.48. The predicted molar refractivity (Wildman–Crippen MR) is 126 cm³/mol. The summed E-state index contributed by atoms with van der Waals surface area (Å²) in [5.41, 5.74) is 2.27. The summed E-state index contributed by atoms with van der Waals surface area (Å²) in [6.07, 6.45) is 0.174. The fourth-order valence-corrected chi connectivity index (χ4v) is 5.13. The molecular formula is C24H28N4O6S. The van der Waals surface area contributed by atoms with Crippen molar-refractivity contribution in [2.24, 2.45) is 0 Å². The molecule has 0 spiro atoms. The second kappa shape index (κ2) is 11.4. The van der Waals surface area contributed by atoms with Gasteiger partial charge in [0.15, 0.2) is 0 Å². The second-order valence-electron chi connectivity index (χ2n) is 8.28. The lowest BCUT2D eigenvalue weighted by Gasteiger charge is -2.18. The van der Waals surface area contributed by atoms with E-state index in [0.29, 0.717) is 12.0 Å². The molecule has 1 fully saturated rings. The van der Waals surface area contributed by atoms with Crippen LogP contribution in [0.2, 0.25) is 0 Å². The molecule has 1 heterocycles. The first kappa shape index (κ1) is 26.3. The zero-order chi connectivity index (χ0) is 25.6. The quantitative estimate of drug-likeness (QED) is 0.495. The molecule has 2 aromatic rings. The number of hydrogen-bond acceptors (Lipinski definition) is 8. The molecule has 186 valence electrons. The molecule has 2 aromatic carbocycles. The highest BCUT2D eigenvalue weighted by molar-refractivity contribution is 7.89. The molecule has 2 unspecified atom stereocenters. The fourth-order valence-electron chi connectivity index (χ4n) is 3.84. The number of esters is 1. The zero-order valence-corrected chi connectivity index (χ0v) is 20.5. The van der Waals surface area contributed by atoms with Gasteiger partial charge in [-0.3, -0.25) is 14.4 Å². The van der Waals surface area contributed by atoms with E-state index in [1.54, 1.807) is 43.3 Å². The molecular weight excluding hydrogens is 472 g/mol. The number of aryl methyl sites for hydroxylation is 1. The molecule has 10 nitrogen and oxygen atoms in total. The summed E-state index contributed by atoms with van der Waals surface area (Å²) < 4.78 is 32.4. The Morgan fingerprint density at radius 2 is 1.97 bits per heavy atom. The van der Waals surface area contributed by atoms with Gasteiger partial charge in [0.25, 0.3) is 0 Å². The SMILES string of the molecule is COC(=O)[C@H](CNC(=O)CC1CC(c2ccc(C#N)cc2)N(C)O1)NS(=O)(=O)c1cccc(C)c1. The third kappa shape index (κ3) is 6.86. The second-order valence-corrected chi connectivity index (χ2v) is 9.99. The van der Waals surface area contributed by atoms with Crippen molar-refractivity contribution in [1.29, 1.82) is 5.26 Å². The van der Waals surface area contributed by atoms with Crippen LogP contribution in [0.4, 0.5) is 0 Å². The molecule has 1 amide bonds. The average molecular weight is 501 g/mol. The van der Waals surface area contributed by atoms with Gasteiger partial charge in [0.2, 0.25) is 15.9 Å². The van der Waals surface area contributed by atoms with Crippen molar-refractivity contribution in [3.05, 3.63) is 65.2 Å². The van der Waals surface area contributed by atoms with Gasteiger partial charge in [-0.05, 0) is 48.7 Å². The third-order valence-electron chi connectivity index (χ3n) is 5.66. The minimum absolute atomic E-state index is 0.00830. The molecule has 35 heavy (non-hydrogen) atoms. The number of nitrogens with one attached hydrogen (secondary N) is 2. The van der Waals surface area contributed by atoms with Crippen LogP contribution in [0.3, 0.4) is 0 Å². The van der Waals surface area contributed by atoms with Gasteiger partial charge in [-0.15, -0.1) is 0 Å². The Kier molecular flexibility index (Phi) is 8.58. The Morgan fingerprint density at radius 3 is 2.60 bits per heavy atom. The van der Waals surface area contributed by atoms with Crippen molar-refractivity contribution in [2.45, 2.75) is 42.8 Å². The van der Waals surface area contributed by atoms with Crippen LogP contribution in [-0.4, -0.2) is 58.2 Å². The molecule has 0 saturated carbocycles. The maximum Gasteiger partial charge on any atom is 0.325 e. The van der Waals surface area contributed by atoms with Crippen LogP contribution in [0.1, 0.15) is 35.6 Å². The molecule has 0 radical (unpaired) electrons. The topological polar surface area (TPSA) is 138 Å².